The van der Waals surface area contributed by atoms with Crippen LogP contribution in [0.15, 0.2) is 53.4 Å². The van der Waals surface area contributed by atoms with Gasteiger partial charge in [-0.1, -0.05) is 47.5 Å². The third-order valence-corrected chi connectivity index (χ3v) is 5.70. The molecule has 27 heavy (non-hydrogen) atoms. The van der Waals surface area contributed by atoms with E-state index >= 15 is 0 Å². The van der Waals surface area contributed by atoms with Crippen molar-refractivity contribution in [2.75, 3.05) is 12.8 Å². The Morgan fingerprint density at radius 1 is 1.15 bits per heavy atom. The number of thioether (sulfide) groups is 1. The van der Waals surface area contributed by atoms with Gasteiger partial charge in [-0.15, -0.1) is 11.8 Å². The molecule has 144 valence electrons. The van der Waals surface area contributed by atoms with Crippen LogP contribution in [0.3, 0.4) is 0 Å². The summed E-state index contributed by atoms with van der Waals surface area (Å²) < 4.78 is 0. The first-order valence-corrected chi connectivity index (χ1v) is 10.2. The van der Waals surface area contributed by atoms with Gasteiger partial charge in [-0.25, -0.2) is 0 Å². The van der Waals surface area contributed by atoms with Crippen molar-refractivity contribution < 1.29 is 9.59 Å². The Morgan fingerprint density at radius 3 is 2.44 bits per heavy atom. The van der Waals surface area contributed by atoms with Gasteiger partial charge < -0.3 is 10.2 Å². The molecule has 0 heterocycles. The van der Waals surface area contributed by atoms with E-state index in [1.807, 2.05) is 25.1 Å². The number of carbonyl (C=O) groups excluding carboxylic acids is 2. The van der Waals surface area contributed by atoms with Crippen LogP contribution in [0.2, 0.25) is 5.02 Å². The summed E-state index contributed by atoms with van der Waals surface area (Å²) in [6.07, 6.45) is 0.352. The summed E-state index contributed by atoms with van der Waals surface area (Å²) in [5, 5.41) is 3.21. The lowest BCUT2D eigenvalue weighted by atomic mass is 10.1. The average Bonchev–Trinajstić information content (AvgIpc) is 2.67. The molecular weight excluding hydrogens is 380 g/mol. The second-order valence-corrected chi connectivity index (χ2v) is 7.89. The van der Waals surface area contributed by atoms with Gasteiger partial charge in [0, 0.05) is 35.7 Å². The molecule has 0 fully saturated rings. The molecule has 0 saturated heterocycles. The molecule has 0 saturated carbocycles. The predicted octanol–water partition coefficient (Wildman–Crippen LogP) is 4.29. The van der Waals surface area contributed by atoms with Crippen LogP contribution in [0, 0.1) is 6.92 Å². The molecule has 2 amide bonds. The van der Waals surface area contributed by atoms with Gasteiger partial charge in [0.25, 0.3) is 0 Å². The quantitative estimate of drug-likeness (QED) is 0.667. The highest BCUT2D eigenvalue weighted by atomic mass is 35.5. The lowest BCUT2D eigenvalue weighted by Gasteiger charge is -2.28. The topological polar surface area (TPSA) is 49.4 Å². The maximum atomic E-state index is 12.9. The molecule has 2 aromatic rings. The maximum absolute atomic E-state index is 12.9. The third kappa shape index (κ3) is 6.29. The van der Waals surface area contributed by atoms with Gasteiger partial charge in [-0.3, -0.25) is 9.59 Å². The number of benzene rings is 2. The van der Waals surface area contributed by atoms with Gasteiger partial charge >= 0.3 is 0 Å². The van der Waals surface area contributed by atoms with Crippen molar-refractivity contribution in [1.82, 2.24) is 10.2 Å². The van der Waals surface area contributed by atoms with Crippen molar-refractivity contribution in [3.8, 4) is 0 Å². The van der Waals surface area contributed by atoms with Gasteiger partial charge in [0.1, 0.15) is 6.04 Å². The highest BCUT2D eigenvalue weighted by Crippen LogP contribution is 2.22. The lowest BCUT2D eigenvalue weighted by molar-refractivity contribution is -0.140. The Bertz CT molecular complexity index is 780. The van der Waals surface area contributed by atoms with Crippen molar-refractivity contribution >= 4 is 35.2 Å². The van der Waals surface area contributed by atoms with Crippen molar-refractivity contribution in [3.05, 3.63) is 64.7 Å². The third-order valence-electron chi connectivity index (χ3n) is 4.32. The number of hydrogen-bond acceptors (Lipinski definition) is 3. The van der Waals surface area contributed by atoms with Gasteiger partial charge in [0.2, 0.25) is 11.8 Å². The molecule has 0 radical (unpaired) electrons. The number of carbonyl (C=O) groups is 2. The number of nitrogens with zero attached hydrogens (tertiary/aromatic N) is 1. The molecule has 0 spiro atoms. The highest BCUT2D eigenvalue weighted by Gasteiger charge is 2.25. The summed E-state index contributed by atoms with van der Waals surface area (Å²) in [5.41, 5.74) is 2.04. The van der Waals surface area contributed by atoms with E-state index in [9.17, 15) is 9.59 Å². The number of halogens is 1. The number of hydrogen-bond donors (Lipinski definition) is 1. The first kappa shape index (κ1) is 21.3. The molecule has 0 aromatic heterocycles. The van der Waals surface area contributed by atoms with E-state index < -0.39 is 6.04 Å². The fourth-order valence-electron chi connectivity index (χ4n) is 2.64. The monoisotopic (exact) mass is 404 g/mol. The lowest BCUT2D eigenvalue weighted by Crippen LogP contribution is -2.46. The average molecular weight is 405 g/mol. The van der Waals surface area contributed by atoms with E-state index in [4.69, 9.17) is 11.6 Å². The Hall–Kier alpha value is -1.98. The Balaban J connectivity index is 2.04. The molecule has 0 aliphatic rings. The summed E-state index contributed by atoms with van der Waals surface area (Å²) in [6, 6.07) is 15.0. The number of aryl methyl sites for hydroxylation is 1. The van der Waals surface area contributed by atoms with Crippen LogP contribution in [-0.4, -0.2) is 35.6 Å². The van der Waals surface area contributed by atoms with Gasteiger partial charge in [0.05, 0.1) is 0 Å². The summed E-state index contributed by atoms with van der Waals surface area (Å²) in [5.74, 6) is 0.397. The van der Waals surface area contributed by atoms with Crippen LogP contribution in [0.25, 0.3) is 0 Å². The molecule has 2 rings (SSSR count). The molecule has 0 aliphatic carbocycles. The number of likely N-dealkylation sites (N-methyl/N-ethyl adjacent to an activating group) is 1. The Morgan fingerprint density at radius 2 is 1.81 bits per heavy atom. The van der Waals surface area contributed by atoms with Crippen LogP contribution in [0.5, 0.6) is 0 Å². The zero-order chi connectivity index (χ0) is 19.8. The zero-order valence-electron chi connectivity index (χ0n) is 15.9. The van der Waals surface area contributed by atoms with Crippen LogP contribution in [0.1, 0.15) is 24.5 Å². The smallest absolute Gasteiger partial charge is 0.242 e. The molecule has 0 bridgehead atoms. The van der Waals surface area contributed by atoms with E-state index in [1.165, 1.54) is 5.56 Å². The molecular formula is C21H25ClN2O2S. The van der Waals surface area contributed by atoms with Crippen LogP contribution >= 0.6 is 23.4 Å². The minimum atomic E-state index is -0.567. The molecule has 4 nitrogen and oxygen atoms in total. The first-order valence-electron chi connectivity index (χ1n) is 8.86. The normalized spacial score (nSPS) is 11.7. The molecule has 6 heteroatoms. The van der Waals surface area contributed by atoms with E-state index in [0.717, 1.165) is 10.5 Å². The van der Waals surface area contributed by atoms with Crippen LogP contribution in [0.4, 0.5) is 0 Å². The van der Waals surface area contributed by atoms with Crippen LogP contribution in [-0.2, 0) is 16.1 Å². The standard InChI is InChI=1S/C21H25ClN2O2S/c1-15-8-10-18(11-9-15)27-13-12-20(25)24(16(2)21(26)23-3)14-17-6-4-5-7-19(17)22/h4-11,16H,12-14H2,1-3H3,(H,23,26)/t16-/m0/s1. The van der Waals surface area contributed by atoms with Crippen molar-refractivity contribution in [3.63, 3.8) is 0 Å². The summed E-state index contributed by atoms with van der Waals surface area (Å²) in [6.45, 7) is 4.09. The summed E-state index contributed by atoms with van der Waals surface area (Å²) in [4.78, 5) is 27.7. The Labute approximate surface area is 170 Å². The van der Waals surface area contributed by atoms with Gasteiger partial charge in [-0.2, -0.15) is 0 Å². The van der Waals surface area contributed by atoms with E-state index in [2.05, 4.69) is 29.6 Å². The molecule has 1 N–H and O–H groups in total. The van der Waals surface area contributed by atoms with E-state index in [0.29, 0.717) is 23.7 Å². The second kappa shape index (κ2) is 10.4. The Kier molecular flexibility index (Phi) is 8.20. The highest BCUT2D eigenvalue weighted by molar-refractivity contribution is 7.99. The van der Waals surface area contributed by atoms with Gasteiger partial charge in [0.15, 0.2) is 0 Å². The number of nitrogens with one attached hydrogen (secondary N) is 1. The SMILES string of the molecule is CNC(=O)[C@H](C)N(Cc1ccccc1Cl)C(=O)CCSc1ccc(C)cc1. The fourth-order valence-corrected chi connectivity index (χ4v) is 3.67. The zero-order valence-corrected chi connectivity index (χ0v) is 17.4. The molecule has 0 aliphatic heterocycles. The number of amides is 2. The van der Waals surface area contributed by atoms with Crippen LogP contribution < -0.4 is 5.32 Å². The number of rotatable bonds is 8. The van der Waals surface area contributed by atoms with Crippen molar-refractivity contribution in [2.45, 2.75) is 37.8 Å². The second-order valence-electron chi connectivity index (χ2n) is 6.31. The minimum absolute atomic E-state index is 0.0642. The summed E-state index contributed by atoms with van der Waals surface area (Å²) >= 11 is 7.88. The molecule has 2 aromatic carbocycles. The first-order chi connectivity index (χ1) is 12.9. The van der Waals surface area contributed by atoms with E-state index in [-0.39, 0.29) is 11.8 Å². The molecule has 0 unspecified atom stereocenters. The predicted molar refractivity (Wildman–Crippen MR) is 112 cm³/mol. The largest absolute Gasteiger partial charge is 0.357 e. The van der Waals surface area contributed by atoms with E-state index in [1.54, 1.807) is 36.7 Å². The van der Waals surface area contributed by atoms with Crippen molar-refractivity contribution in [2.24, 2.45) is 0 Å². The van der Waals surface area contributed by atoms with Gasteiger partial charge in [-0.05, 0) is 37.6 Å². The maximum Gasteiger partial charge on any atom is 0.242 e. The molecule has 1 atom stereocenters. The summed E-state index contributed by atoms with van der Waals surface area (Å²) in [7, 11) is 1.57. The van der Waals surface area contributed by atoms with Crippen molar-refractivity contribution in [1.29, 1.82) is 0 Å². The minimum Gasteiger partial charge on any atom is -0.357 e. The fraction of sp³-hybridized carbons (Fsp3) is 0.333.